The Morgan fingerprint density at radius 2 is 1.82 bits per heavy atom. The Morgan fingerprint density at radius 3 is 2.42 bits per heavy atom. The van der Waals surface area contributed by atoms with Crippen LogP contribution in [0, 0.1) is 24.2 Å². The Hall–Kier alpha value is -1.83. The van der Waals surface area contributed by atoms with E-state index in [0.717, 1.165) is 35.5 Å². The summed E-state index contributed by atoms with van der Waals surface area (Å²) in [7, 11) is 0. The molecule has 1 aliphatic heterocycles. The van der Waals surface area contributed by atoms with Crippen molar-refractivity contribution in [1.29, 1.82) is 0 Å². The first-order valence-electron chi connectivity index (χ1n) is 11.8. The molecule has 1 aliphatic rings. The maximum Gasteiger partial charge on any atom is 0.309 e. The Kier molecular flexibility index (Phi) is 10.0. The van der Waals surface area contributed by atoms with Gasteiger partial charge < -0.3 is 14.9 Å². The molecular formula is C26H39NO5S. The fraction of sp³-hybridized carbons (Fsp3) is 0.654. The molecule has 0 bridgehead atoms. The van der Waals surface area contributed by atoms with Crippen LogP contribution in [0.15, 0.2) is 23.1 Å². The summed E-state index contributed by atoms with van der Waals surface area (Å²) in [6, 6.07) is 0. The monoisotopic (exact) mass is 477 g/mol. The van der Waals surface area contributed by atoms with Gasteiger partial charge in [0.05, 0.1) is 34.7 Å². The molecule has 0 aliphatic carbocycles. The normalized spacial score (nSPS) is 31.8. The van der Waals surface area contributed by atoms with Crippen molar-refractivity contribution < 1.29 is 24.5 Å². The highest BCUT2D eigenvalue weighted by molar-refractivity contribution is 7.09. The molecule has 0 unspecified atom stereocenters. The molecule has 0 saturated carbocycles. The van der Waals surface area contributed by atoms with Crippen LogP contribution in [0.25, 0.3) is 6.08 Å². The summed E-state index contributed by atoms with van der Waals surface area (Å²) in [6.07, 6.45) is 6.25. The molecule has 0 spiro atoms. The van der Waals surface area contributed by atoms with Crippen molar-refractivity contribution in [1.82, 2.24) is 4.98 Å². The third-order valence-corrected chi connectivity index (χ3v) is 7.47. The number of aliphatic hydroxyl groups excluding tert-OH is 2. The van der Waals surface area contributed by atoms with Crippen molar-refractivity contribution in [2.45, 2.75) is 92.0 Å². The highest BCUT2D eigenvalue weighted by Crippen LogP contribution is 2.32. The van der Waals surface area contributed by atoms with Gasteiger partial charge in [0.15, 0.2) is 0 Å². The molecule has 5 atom stereocenters. The third-order valence-electron chi connectivity index (χ3n) is 6.68. The van der Waals surface area contributed by atoms with Gasteiger partial charge >= 0.3 is 5.97 Å². The first-order valence-corrected chi connectivity index (χ1v) is 12.7. The summed E-state index contributed by atoms with van der Waals surface area (Å²) in [5.41, 5.74) is 0.537. The number of thiazole rings is 1. The highest BCUT2D eigenvalue weighted by atomic mass is 32.1. The van der Waals surface area contributed by atoms with Crippen LogP contribution in [-0.2, 0) is 14.3 Å². The Morgan fingerprint density at radius 1 is 1.18 bits per heavy atom. The van der Waals surface area contributed by atoms with Gasteiger partial charge in [-0.25, -0.2) is 4.98 Å². The Bertz CT molecular complexity index is 872. The number of hydrogen-bond acceptors (Lipinski definition) is 7. The molecule has 0 fully saturated rings. The van der Waals surface area contributed by atoms with Crippen LogP contribution in [-0.4, -0.2) is 45.3 Å². The van der Waals surface area contributed by atoms with Gasteiger partial charge in [-0.1, -0.05) is 39.8 Å². The average Bonchev–Trinajstić information content (AvgIpc) is 3.16. The second-order valence-corrected chi connectivity index (χ2v) is 10.9. The van der Waals surface area contributed by atoms with Gasteiger partial charge in [-0.2, -0.15) is 0 Å². The first-order chi connectivity index (χ1) is 15.4. The number of rotatable bonds is 2. The molecule has 6 nitrogen and oxygen atoms in total. The van der Waals surface area contributed by atoms with Crippen LogP contribution in [0.2, 0.25) is 0 Å². The number of carbonyl (C=O) groups excluding carboxylic acids is 2. The zero-order valence-electron chi connectivity index (χ0n) is 20.7. The van der Waals surface area contributed by atoms with Gasteiger partial charge in [0.2, 0.25) is 0 Å². The van der Waals surface area contributed by atoms with E-state index in [0.29, 0.717) is 6.42 Å². The summed E-state index contributed by atoms with van der Waals surface area (Å²) in [5, 5.41) is 24.4. The molecule has 33 heavy (non-hydrogen) atoms. The molecule has 1 aromatic heterocycles. The maximum atomic E-state index is 13.1. The number of allylic oxidation sites excluding steroid dienone is 2. The smallest absolute Gasteiger partial charge is 0.309 e. The van der Waals surface area contributed by atoms with Gasteiger partial charge in [-0.05, 0) is 57.1 Å². The predicted octanol–water partition coefficient (Wildman–Crippen LogP) is 4.88. The van der Waals surface area contributed by atoms with E-state index in [2.05, 4.69) is 17.1 Å². The van der Waals surface area contributed by atoms with Crippen molar-refractivity contribution in [3.63, 3.8) is 0 Å². The van der Waals surface area contributed by atoms with E-state index in [1.165, 1.54) is 0 Å². The standard InChI is InChI=1S/C26H39NO5S/c1-16-11-9-7-8-10-12-21(17(2)13-20-15-33-19(4)27-20)32-23(29)14-22(28)26(5,6)25(31)18(3)24(16)30/h7-8,13,15-16,18,21-22,24,28,30H,9-12,14H2,1-6H3/b8-7-,17-13+/t16-,18+,21-,22-,24-/m0/s1. The van der Waals surface area contributed by atoms with Crippen LogP contribution < -0.4 is 0 Å². The van der Waals surface area contributed by atoms with Crippen LogP contribution in [0.4, 0.5) is 0 Å². The first kappa shape index (κ1) is 27.4. The van der Waals surface area contributed by atoms with E-state index in [-0.39, 0.29) is 18.1 Å². The van der Waals surface area contributed by atoms with E-state index < -0.39 is 35.6 Å². The van der Waals surface area contributed by atoms with Gasteiger partial charge in [-0.3, -0.25) is 9.59 Å². The molecule has 0 amide bonds. The van der Waals surface area contributed by atoms with Crippen molar-refractivity contribution in [2.24, 2.45) is 17.3 Å². The molecule has 2 N–H and O–H groups in total. The number of nitrogens with zero attached hydrogens (tertiary/aromatic N) is 1. The third kappa shape index (κ3) is 7.59. The zero-order chi connectivity index (χ0) is 24.8. The van der Waals surface area contributed by atoms with Crippen molar-refractivity contribution in [3.05, 3.63) is 33.8 Å². The van der Waals surface area contributed by atoms with E-state index in [1.807, 2.05) is 32.2 Å². The summed E-state index contributed by atoms with van der Waals surface area (Å²) in [4.78, 5) is 30.3. The van der Waals surface area contributed by atoms with Crippen LogP contribution in [0.1, 0.15) is 77.4 Å². The lowest BCUT2D eigenvalue weighted by Gasteiger charge is -2.34. The molecule has 0 aromatic carbocycles. The summed E-state index contributed by atoms with van der Waals surface area (Å²) in [5.74, 6) is -1.50. The van der Waals surface area contributed by atoms with Gasteiger partial charge in [0.25, 0.3) is 0 Å². The Labute approximate surface area is 201 Å². The minimum absolute atomic E-state index is 0.0566. The molecule has 0 radical (unpaired) electrons. The molecule has 0 saturated heterocycles. The topological polar surface area (TPSA) is 96.7 Å². The molecule has 184 valence electrons. The molecule has 2 heterocycles. The number of hydrogen-bond donors (Lipinski definition) is 2. The van der Waals surface area contributed by atoms with Crippen LogP contribution in [0.5, 0.6) is 0 Å². The van der Waals surface area contributed by atoms with E-state index in [1.54, 1.807) is 32.1 Å². The Balaban J connectivity index is 2.27. The lowest BCUT2D eigenvalue weighted by Crippen LogP contribution is -2.45. The minimum atomic E-state index is -1.21. The predicted molar refractivity (Wildman–Crippen MR) is 132 cm³/mol. The number of ether oxygens (including phenoxy) is 1. The fourth-order valence-corrected chi connectivity index (χ4v) is 4.75. The van der Waals surface area contributed by atoms with Crippen molar-refractivity contribution in [2.75, 3.05) is 0 Å². The van der Waals surface area contributed by atoms with Gasteiger partial charge in [0.1, 0.15) is 11.9 Å². The number of aromatic nitrogens is 1. The summed E-state index contributed by atoms with van der Waals surface area (Å²) < 4.78 is 5.77. The SMILES string of the molecule is C/C(=C\c1csc(C)n1)[C@@H]1CC/C=C\CC[C@H](C)[C@H](O)[C@@H](C)C(=O)C(C)(C)[C@@H](O)CC(=O)O1. The fourth-order valence-electron chi connectivity index (χ4n) is 4.18. The second-order valence-electron chi connectivity index (χ2n) is 9.85. The number of Topliss-reactive ketones (excluding diaryl/α,β-unsaturated/α-hetero) is 1. The number of ketones is 1. The number of esters is 1. The lowest BCUT2D eigenvalue weighted by atomic mass is 9.73. The number of cyclic esters (lactones) is 1. The van der Waals surface area contributed by atoms with Crippen LogP contribution >= 0.6 is 11.3 Å². The van der Waals surface area contributed by atoms with Crippen molar-refractivity contribution >= 4 is 29.2 Å². The average molecular weight is 478 g/mol. The largest absolute Gasteiger partial charge is 0.458 e. The van der Waals surface area contributed by atoms with E-state index in [4.69, 9.17) is 4.74 Å². The van der Waals surface area contributed by atoms with E-state index in [9.17, 15) is 19.8 Å². The number of aryl methyl sites for hydroxylation is 1. The minimum Gasteiger partial charge on any atom is -0.458 e. The quantitative estimate of drug-likeness (QED) is 0.466. The maximum absolute atomic E-state index is 13.1. The number of carbonyl (C=O) groups is 2. The van der Waals surface area contributed by atoms with Crippen LogP contribution in [0.3, 0.4) is 0 Å². The van der Waals surface area contributed by atoms with Crippen molar-refractivity contribution in [3.8, 4) is 0 Å². The summed E-state index contributed by atoms with van der Waals surface area (Å²) in [6.45, 7) is 10.7. The molecule has 2 rings (SSSR count). The molecular weight excluding hydrogens is 438 g/mol. The zero-order valence-corrected chi connectivity index (χ0v) is 21.5. The van der Waals surface area contributed by atoms with E-state index >= 15 is 0 Å². The second kappa shape index (κ2) is 12.0. The summed E-state index contributed by atoms with van der Waals surface area (Å²) >= 11 is 1.56. The lowest BCUT2D eigenvalue weighted by molar-refractivity contribution is -0.154. The highest BCUT2D eigenvalue weighted by Gasteiger charge is 2.42. The van der Waals surface area contributed by atoms with Gasteiger partial charge in [0, 0.05) is 11.3 Å². The van der Waals surface area contributed by atoms with Gasteiger partial charge in [-0.15, -0.1) is 11.3 Å². The molecule has 7 heteroatoms. The number of aliphatic hydroxyl groups is 2. The molecule has 1 aromatic rings.